The molecule has 1 saturated heterocycles. The van der Waals surface area contributed by atoms with Crippen molar-refractivity contribution in [3.05, 3.63) is 24.3 Å². The van der Waals surface area contributed by atoms with Gasteiger partial charge in [0.25, 0.3) is 0 Å². The molecule has 0 unspecified atom stereocenters. The predicted octanol–water partition coefficient (Wildman–Crippen LogP) is 2.08. The molecule has 0 radical (unpaired) electrons. The molecular formula is C11H17N3. The summed E-state index contributed by atoms with van der Waals surface area (Å²) < 4.78 is 0. The highest BCUT2D eigenvalue weighted by Crippen LogP contribution is 2.19. The van der Waals surface area contributed by atoms with E-state index < -0.39 is 0 Å². The van der Waals surface area contributed by atoms with Crippen LogP contribution in [0.4, 0.5) is 11.4 Å². The van der Waals surface area contributed by atoms with E-state index in [9.17, 15) is 0 Å². The molecule has 1 heterocycles. The zero-order chi connectivity index (χ0) is 9.80. The van der Waals surface area contributed by atoms with E-state index in [0.717, 1.165) is 24.5 Å². The van der Waals surface area contributed by atoms with Crippen molar-refractivity contribution in [1.29, 1.82) is 0 Å². The summed E-state index contributed by atoms with van der Waals surface area (Å²) in [5.41, 5.74) is 11.0. The standard InChI is InChI=1S/C11H17N3/c12-10-6-2-3-7-11(10)13-14-8-4-1-5-9-14/h2-3,6-7,13H,1,4-5,8-9,12H2. The minimum Gasteiger partial charge on any atom is -0.397 e. The van der Waals surface area contributed by atoms with Crippen LogP contribution in [0.1, 0.15) is 19.3 Å². The summed E-state index contributed by atoms with van der Waals surface area (Å²) in [6.07, 6.45) is 3.90. The highest BCUT2D eigenvalue weighted by Gasteiger charge is 2.10. The number of nitrogens with two attached hydrogens (primary N) is 1. The number of nitrogens with zero attached hydrogens (tertiary/aromatic N) is 1. The van der Waals surface area contributed by atoms with Gasteiger partial charge < -0.3 is 11.2 Å². The number of nitrogen functional groups attached to an aromatic ring is 1. The molecule has 1 aliphatic heterocycles. The number of piperidine rings is 1. The van der Waals surface area contributed by atoms with Crippen molar-refractivity contribution in [1.82, 2.24) is 5.01 Å². The van der Waals surface area contributed by atoms with Crippen molar-refractivity contribution in [3.63, 3.8) is 0 Å². The Labute approximate surface area is 84.9 Å². The molecule has 76 valence electrons. The number of hydrogen-bond acceptors (Lipinski definition) is 3. The SMILES string of the molecule is Nc1ccccc1NN1CCCCC1. The van der Waals surface area contributed by atoms with Gasteiger partial charge in [-0.25, -0.2) is 5.01 Å². The minimum absolute atomic E-state index is 0.818. The van der Waals surface area contributed by atoms with Gasteiger partial charge >= 0.3 is 0 Å². The summed E-state index contributed by atoms with van der Waals surface area (Å²) in [4.78, 5) is 0. The molecular weight excluding hydrogens is 174 g/mol. The lowest BCUT2D eigenvalue weighted by Gasteiger charge is -2.28. The third-order valence-electron chi connectivity index (χ3n) is 2.60. The second-order valence-corrected chi connectivity index (χ2v) is 3.75. The van der Waals surface area contributed by atoms with Crippen LogP contribution in [-0.2, 0) is 0 Å². The Kier molecular flexibility index (Phi) is 2.89. The van der Waals surface area contributed by atoms with Crippen LogP contribution in [0.25, 0.3) is 0 Å². The summed E-state index contributed by atoms with van der Waals surface area (Å²) in [5.74, 6) is 0. The van der Waals surface area contributed by atoms with Gasteiger partial charge in [-0.3, -0.25) is 0 Å². The molecule has 1 aliphatic rings. The second kappa shape index (κ2) is 4.33. The van der Waals surface area contributed by atoms with Crippen molar-refractivity contribution in [3.8, 4) is 0 Å². The highest BCUT2D eigenvalue weighted by molar-refractivity contribution is 5.65. The molecule has 3 N–H and O–H groups in total. The van der Waals surface area contributed by atoms with Crippen LogP contribution in [0.2, 0.25) is 0 Å². The van der Waals surface area contributed by atoms with Gasteiger partial charge in [0.1, 0.15) is 0 Å². The lowest BCUT2D eigenvalue weighted by Crippen LogP contribution is -2.35. The number of anilines is 2. The number of rotatable bonds is 2. The van der Waals surface area contributed by atoms with E-state index in [4.69, 9.17) is 5.73 Å². The van der Waals surface area contributed by atoms with E-state index in [1.54, 1.807) is 0 Å². The Morgan fingerprint density at radius 2 is 1.79 bits per heavy atom. The van der Waals surface area contributed by atoms with Crippen LogP contribution in [-0.4, -0.2) is 18.1 Å². The maximum absolute atomic E-state index is 5.85. The maximum Gasteiger partial charge on any atom is 0.0719 e. The summed E-state index contributed by atoms with van der Waals surface area (Å²) in [7, 11) is 0. The van der Waals surface area contributed by atoms with Crippen molar-refractivity contribution in [2.75, 3.05) is 24.2 Å². The number of benzene rings is 1. The van der Waals surface area contributed by atoms with Gasteiger partial charge in [0, 0.05) is 13.1 Å². The Morgan fingerprint density at radius 1 is 1.07 bits per heavy atom. The van der Waals surface area contributed by atoms with Gasteiger partial charge in [-0.2, -0.15) is 0 Å². The third-order valence-corrected chi connectivity index (χ3v) is 2.60. The Hall–Kier alpha value is -1.22. The molecule has 1 fully saturated rings. The van der Waals surface area contributed by atoms with Crippen LogP contribution in [0, 0.1) is 0 Å². The number of hydrogen-bond donors (Lipinski definition) is 2. The predicted molar refractivity (Wildman–Crippen MR) is 59.9 cm³/mol. The lowest BCUT2D eigenvalue weighted by molar-refractivity contribution is 0.273. The van der Waals surface area contributed by atoms with E-state index >= 15 is 0 Å². The van der Waals surface area contributed by atoms with Gasteiger partial charge in [-0.1, -0.05) is 18.6 Å². The number of para-hydroxylation sites is 2. The molecule has 2 rings (SSSR count). The van der Waals surface area contributed by atoms with Gasteiger partial charge in [-0.15, -0.1) is 0 Å². The van der Waals surface area contributed by atoms with E-state index in [2.05, 4.69) is 10.4 Å². The molecule has 3 heteroatoms. The fraction of sp³-hybridized carbons (Fsp3) is 0.455. The minimum atomic E-state index is 0.818. The number of hydrazine groups is 1. The smallest absolute Gasteiger partial charge is 0.0719 e. The zero-order valence-corrected chi connectivity index (χ0v) is 8.37. The van der Waals surface area contributed by atoms with Crippen molar-refractivity contribution in [2.45, 2.75) is 19.3 Å². The van der Waals surface area contributed by atoms with Gasteiger partial charge in [0.2, 0.25) is 0 Å². The monoisotopic (exact) mass is 191 g/mol. The number of nitrogens with one attached hydrogen (secondary N) is 1. The van der Waals surface area contributed by atoms with E-state index in [0.29, 0.717) is 0 Å². The van der Waals surface area contributed by atoms with Gasteiger partial charge in [-0.05, 0) is 25.0 Å². The molecule has 3 nitrogen and oxygen atoms in total. The highest BCUT2D eigenvalue weighted by atomic mass is 15.5. The topological polar surface area (TPSA) is 41.3 Å². The lowest BCUT2D eigenvalue weighted by atomic mass is 10.2. The summed E-state index contributed by atoms with van der Waals surface area (Å²) in [6.45, 7) is 2.24. The van der Waals surface area contributed by atoms with Crippen LogP contribution in [0.15, 0.2) is 24.3 Å². The summed E-state index contributed by atoms with van der Waals surface area (Å²) >= 11 is 0. The molecule has 0 atom stereocenters. The average molecular weight is 191 g/mol. The van der Waals surface area contributed by atoms with Crippen molar-refractivity contribution < 1.29 is 0 Å². The second-order valence-electron chi connectivity index (χ2n) is 3.75. The first-order chi connectivity index (χ1) is 6.86. The van der Waals surface area contributed by atoms with Crippen LogP contribution < -0.4 is 11.2 Å². The average Bonchev–Trinajstić information content (AvgIpc) is 2.23. The summed E-state index contributed by atoms with van der Waals surface area (Å²) in [5, 5.41) is 2.25. The summed E-state index contributed by atoms with van der Waals surface area (Å²) in [6, 6.07) is 7.90. The van der Waals surface area contributed by atoms with Crippen LogP contribution in [0.5, 0.6) is 0 Å². The van der Waals surface area contributed by atoms with E-state index in [-0.39, 0.29) is 0 Å². The first kappa shape index (κ1) is 9.34. The molecule has 0 aliphatic carbocycles. The normalized spacial score (nSPS) is 18.0. The van der Waals surface area contributed by atoms with E-state index in [1.165, 1.54) is 19.3 Å². The fourth-order valence-corrected chi connectivity index (χ4v) is 1.77. The molecule has 0 amide bonds. The molecule has 1 aromatic rings. The maximum atomic E-state index is 5.85. The molecule has 14 heavy (non-hydrogen) atoms. The molecule has 0 saturated carbocycles. The molecule has 0 aromatic heterocycles. The van der Waals surface area contributed by atoms with Gasteiger partial charge in [0.15, 0.2) is 0 Å². The molecule has 1 aromatic carbocycles. The largest absolute Gasteiger partial charge is 0.397 e. The van der Waals surface area contributed by atoms with Crippen molar-refractivity contribution >= 4 is 11.4 Å². The fourth-order valence-electron chi connectivity index (χ4n) is 1.77. The van der Waals surface area contributed by atoms with Crippen LogP contribution >= 0.6 is 0 Å². The van der Waals surface area contributed by atoms with Crippen molar-refractivity contribution in [2.24, 2.45) is 0 Å². The first-order valence-corrected chi connectivity index (χ1v) is 5.22. The third kappa shape index (κ3) is 2.17. The van der Waals surface area contributed by atoms with E-state index in [1.807, 2.05) is 24.3 Å². The Balaban J connectivity index is 1.99. The quantitative estimate of drug-likeness (QED) is 0.703. The molecule has 0 bridgehead atoms. The first-order valence-electron chi connectivity index (χ1n) is 5.22. The Bertz CT molecular complexity index is 292. The Morgan fingerprint density at radius 3 is 2.50 bits per heavy atom. The zero-order valence-electron chi connectivity index (χ0n) is 8.37. The van der Waals surface area contributed by atoms with Crippen LogP contribution in [0.3, 0.4) is 0 Å². The molecule has 0 spiro atoms. The van der Waals surface area contributed by atoms with Gasteiger partial charge in [0.05, 0.1) is 11.4 Å².